The van der Waals surface area contributed by atoms with E-state index in [1.807, 2.05) is 31.2 Å². The van der Waals surface area contributed by atoms with Gasteiger partial charge in [-0.15, -0.1) is 0 Å². The molecule has 2 aromatic carbocycles. The van der Waals surface area contributed by atoms with E-state index in [0.717, 1.165) is 24.8 Å². The first-order valence-electron chi connectivity index (χ1n) is 9.49. The van der Waals surface area contributed by atoms with E-state index in [2.05, 4.69) is 5.32 Å². The molecule has 3 aromatic rings. The number of sulfone groups is 1. The summed E-state index contributed by atoms with van der Waals surface area (Å²) in [4.78, 5) is 12.6. The van der Waals surface area contributed by atoms with Gasteiger partial charge in [0.1, 0.15) is 11.3 Å². The van der Waals surface area contributed by atoms with Crippen LogP contribution >= 0.6 is 0 Å². The van der Waals surface area contributed by atoms with Crippen molar-refractivity contribution in [3.05, 3.63) is 65.4 Å². The van der Waals surface area contributed by atoms with Gasteiger partial charge >= 0.3 is 0 Å². The van der Waals surface area contributed by atoms with E-state index < -0.39 is 15.7 Å². The van der Waals surface area contributed by atoms with Crippen molar-refractivity contribution in [2.45, 2.75) is 25.5 Å². The summed E-state index contributed by atoms with van der Waals surface area (Å²) >= 11 is 0. The Bertz CT molecular complexity index is 1080. The molecular formula is C22H25NO5S. The number of ether oxygens (including phenoxy) is 1. The van der Waals surface area contributed by atoms with Gasteiger partial charge in [-0.05, 0) is 38.0 Å². The van der Waals surface area contributed by atoms with Crippen LogP contribution in [0.4, 0.5) is 0 Å². The minimum absolute atomic E-state index is 0.0625. The minimum Gasteiger partial charge on any atom is -0.494 e. The normalized spacial score (nSPS) is 11.5. The molecule has 0 fully saturated rings. The molecule has 0 saturated carbocycles. The third-order valence-corrected chi connectivity index (χ3v) is 5.27. The highest BCUT2D eigenvalue weighted by molar-refractivity contribution is 7.89. The van der Waals surface area contributed by atoms with Crippen LogP contribution in [-0.2, 0) is 15.6 Å². The van der Waals surface area contributed by atoms with Crippen LogP contribution in [0.25, 0.3) is 11.0 Å². The van der Waals surface area contributed by atoms with Crippen LogP contribution < -0.4 is 10.1 Å². The van der Waals surface area contributed by atoms with Crippen LogP contribution in [-0.4, -0.2) is 33.7 Å². The molecule has 0 unspecified atom stereocenters. The molecule has 0 atom stereocenters. The summed E-state index contributed by atoms with van der Waals surface area (Å²) in [7, 11) is -3.31. The maximum absolute atomic E-state index is 12.6. The highest BCUT2D eigenvalue weighted by atomic mass is 32.2. The first kappa shape index (κ1) is 20.9. The van der Waals surface area contributed by atoms with Gasteiger partial charge in [0, 0.05) is 23.8 Å². The van der Waals surface area contributed by atoms with Gasteiger partial charge < -0.3 is 14.5 Å². The number of furan rings is 1. The molecule has 0 bridgehead atoms. The highest BCUT2D eigenvalue weighted by Crippen LogP contribution is 2.27. The Morgan fingerprint density at radius 2 is 1.79 bits per heavy atom. The fourth-order valence-corrected chi connectivity index (χ4v) is 3.83. The van der Waals surface area contributed by atoms with Gasteiger partial charge in [-0.3, -0.25) is 4.79 Å². The van der Waals surface area contributed by atoms with Crippen molar-refractivity contribution < 1.29 is 22.4 Å². The SMILES string of the molecule is Cc1ccc(OCCCCNC(=O)c2oc3ccccc3c2CS(C)(=O)=O)cc1. The minimum atomic E-state index is -3.31. The monoisotopic (exact) mass is 415 g/mol. The molecule has 0 aliphatic heterocycles. The van der Waals surface area contributed by atoms with Crippen LogP contribution in [0.15, 0.2) is 52.9 Å². The number of rotatable bonds is 9. The van der Waals surface area contributed by atoms with Gasteiger partial charge in [0.15, 0.2) is 15.6 Å². The van der Waals surface area contributed by atoms with Crippen LogP contribution in [0.5, 0.6) is 5.75 Å². The first-order chi connectivity index (χ1) is 13.8. The van der Waals surface area contributed by atoms with Gasteiger partial charge in [0.2, 0.25) is 0 Å². The lowest BCUT2D eigenvalue weighted by atomic mass is 10.1. The lowest BCUT2D eigenvalue weighted by Crippen LogP contribution is -2.25. The van der Waals surface area contributed by atoms with Gasteiger partial charge in [0.25, 0.3) is 5.91 Å². The molecular weight excluding hydrogens is 390 g/mol. The Morgan fingerprint density at radius 1 is 1.07 bits per heavy atom. The molecule has 0 radical (unpaired) electrons. The van der Waals surface area contributed by atoms with E-state index in [9.17, 15) is 13.2 Å². The summed E-state index contributed by atoms with van der Waals surface area (Å²) in [6.07, 6.45) is 2.66. The zero-order valence-electron chi connectivity index (χ0n) is 16.6. The summed E-state index contributed by atoms with van der Waals surface area (Å²) in [6.45, 7) is 3.03. The average Bonchev–Trinajstić information content (AvgIpc) is 3.03. The standard InChI is InChI=1S/C22H25NO5S/c1-16-9-11-17(12-10-16)27-14-6-5-13-23-22(24)21-19(15-29(2,25)26)18-7-3-4-8-20(18)28-21/h3-4,7-12H,5-6,13-15H2,1-2H3,(H,23,24). The Balaban J connectivity index is 1.54. The first-order valence-corrected chi connectivity index (χ1v) is 11.6. The Morgan fingerprint density at radius 3 is 2.52 bits per heavy atom. The number of fused-ring (bicyclic) bond motifs is 1. The number of aryl methyl sites for hydroxylation is 1. The summed E-state index contributed by atoms with van der Waals surface area (Å²) in [5.74, 6) is 0.246. The second kappa shape index (κ2) is 9.13. The average molecular weight is 416 g/mol. The molecule has 1 amide bonds. The number of hydrogen-bond acceptors (Lipinski definition) is 5. The maximum Gasteiger partial charge on any atom is 0.287 e. The van der Waals surface area contributed by atoms with Crippen LogP contribution in [0.2, 0.25) is 0 Å². The summed E-state index contributed by atoms with van der Waals surface area (Å²) in [5.41, 5.74) is 2.09. The van der Waals surface area contributed by atoms with E-state index in [4.69, 9.17) is 9.15 Å². The zero-order valence-corrected chi connectivity index (χ0v) is 17.4. The van der Waals surface area contributed by atoms with E-state index >= 15 is 0 Å². The Hall–Kier alpha value is -2.80. The molecule has 154 valence electrons. The number of unbranched alkanes of at least 4 members (excludes halogenated alkanes) is 1. The fourth-order valence-electron chi connectivity index (χ4n) is 3.02. The van der Waals surface area contributed by atoms with Crippen LogP contribution in [0, 0.1) is 6.92 Å². The Kier molecular flexibility index (Phi) is 6.59. The van der Waals surface area contributed by atoms with Crippen molar-refractivity contribution in [3.8, 4) is 5.75 Å². The van der Waals surface area contributed by atoms with Gasteiger partial charge in [-0.2, -0.15) is 0 Å². The molecule has 0 saturated heterocycles. The van der Waals surface area contributed by atoms with Crippen LogP contribution in [0.3, 0.4) is 0 Å². The van der Waals surface area contributed by atoms with Crippen molar-refractivity contribution in [2.24, 2.45) is 0 Å². The molecule has 7 heteroatoms. The predicted octanol–water partition coefficient (Wildman–Crippen LogP) is 3.87. The molecule has 1 heterocycles. The molecule has 1 aromatic heterocycles. The van der Waals surface area contributed by atoms with Gasteiger partial charge in [0.05, 0.1) is 12.4 Å². The number of carbonyl (C=O) groups is 1. The largest absolute Gasteiger partial charge is 0.494 e. The smallest absolute Gasteiger partial charge is 0.287 e. The second-order valence-corrected chi connectivity index (χ2v) is 9.24. The van der Waals surface area contributed by atoms with Crippen molar-refractivity contribution in [2.75, 3.05) is 19.4 Å². The quantitative estimate of drug-likeness (QED) is 0.536. The molecule has 0 spiro atoms. The lowest BCUT2D eigenvalue weighted by molar-refractivity contribution is 0.0926. The number of benzene rings is 2. The van der Waals surface area contributed by atoms with Gasteiger partial charge in [-0.1, -0.05) is 35.9 Å². The maximum atomic E-state index is 12.6. The topological polar surface area (TPSA) is 85.6 Å². The third kappa shape index (κ3) is 5.84. The summed E-state index contributed by atoms with van der Waals surface area (Å²) < 4.78 is 34.9. The van der Waals surface area contributed by atoms with E-state index in [1.54, 1.807) is 24.3 Å². The zero-order chi connectivity index (χ0) is 20.9. The van der Waals surface area contributed by atoms with Gasteiger partial charge in [-0.25, -0.2) is 8.42 Å². The Labute approximate surface area is 170 Å². The van der Waals surface area contributed by atoms with Crippen molar-refractivity contribution in [1.29, 1.82) is 0 Å². The number of amides is 1. The molecule has 0 aliphatic carbocycles. The van der Waals surface area contributed by atoms with E-state index in [1.165, 1.54) is 5.56 Å². The number of para-hydroxylation sites is 1. The lowest BCUT2D eigenvalue weighted by Gasteiger charge is -2.07. The van der Waals surface area contributed by atoms with E-state index in [-0.39, 0.29) is 11.5 Å². The molecule has 6 nitrogen and oxygen atoms in total. The van der Waals surface area contributed by atoms with E-state index in [0.29, 0.717) is 29.7 Å². The molecule has 29 heavy (non-hydrogen) atoms. The van der Waals surface area contributed by atoms with Crippen LogP contribution in [0.1, 0.15) is 34.5 Å². The van der Waals surface area contributed by atoms with Crippen molar-refractivity contribution in [3.63, 3.8) is 0 Å². The number of carbonyl (C=O) groups excluding carboxylic acids is 1. The predicted molar refractivity (Wildman–Crippen MR) is 113 cm³/mol. The second-order valence-electron chi connectivity index (χ2n) is 7.10. The van der Waals surface area contributed by atoms with Crippen molar-refractivity contribution >= 4 is 26.7 Å². The third-order valence-electron chi connectivity index (χ3n) is 4.46. The number of hydrogen-bond donors (Lipinski definition) is 1. The number of nitrogens with one attached hydrogen (secondary N) is 1. The molecule has 1 N–H and O–H groups in total. The summed E-state index contributed by atoms with van der Waals surface area (Å²) in [6, 6.07) is 14.9. The van der Waals surface area contributed by atoms with Crippen molar-refractivity contribution in [1.82, 2.24) is 5.32 Å². The fraction of sp³-hybridized carbons (Fsp3) is 0.318. The molecule has 3 rings (SSSR count). The summed E-state index contributed by atoms with van der Waals surface area (Å²) in [5, 5.41) is 3.46. The molecule has 0 aliphatic rings. The highest BCUT2D eigenvalue weighted by Gasteiger charge is 2.22.